The maximum atomic E-state index is 9.19. The molecule has 0 aliphatic rings. The van der Waals surface area contributed by atoms with E-state index in [4.69, 9.17) is 9.47 Å². The summed E-state index contributed by atoms with van der Waals surface area (Å²) in [7, 11) is 0. The highest BCUT2D eigenvalue weighted by Crippen LogP contribution is 2.34. The number of rotatable bonds is 5. The highest BCUT2D eigenvalue weighted by Gasteiger charge is 2.10. The second-order valence-corrected chi connectivity index (χ2v) is 7.13. The third-order valence-electron chi connectivity index (χ3n) is 5.03. The fourth-order valence-corrected chi connectivity index (χ4v) is 3.63. The molecule has 31 heavy (non-hydrogen) atoms. The molecular weight excluding hydrogens is 384 g/mol. The summed E-state index contributed by atoms with van der Waals surface area (Å²) in [6, 6.07) is 33.6. The molecule has 0 aliphatic carbocycles. The van der Waals surface area contributed by atoms with Crippen LogP contribution in [0.4, 0.5) is 0 Å². The summed E-state index contributed by atoms with van der Waals surface area (Å²) in [6.07, 6.45) is 0.165. The van der Waals surface area contributed by atoms with E-state index in [1.165, 1.54) is 0 Å². The average molecular weight is 402 g/mol. The standard InChI is InChI=1S/C27H18N2O2/c28-16-15-21-17-22(30-25-13-5-9-19-7-1-3-11-23(19)25)18-27(29-21)31-26-14-6-10-20-8-2-4-12-24(20)26/h1-14,17-18H,15H2. The van der Waals surface area contributed by atoms with Gasteiger partial charge in [0.2, 0.25) is 5.88 Å². The Balaban J connectivity index is 1.54. The lowest BCUT2D eigenvalue weighted by atomic mass is 10.1. The number of benzene rings is 4. The molecule has 0 saturated heterocycles. The topological polar surface area (TPSA) is 55.1 Å². The first-order chi connectivity index (χ1) is 15.3. The van der Waals surface area contributed by atoms with Crippen molar-refractivity contribution in [3.8, 4) is 29.2 Å². The van der Waals surface area contributed by atoms with E-state index in [1.54, 1.807) is 12.1 Å². The lowest BCUT2D eigenvalue weighted by Gasteiger charge is -2.13. The van der Waals surface area contributed by atoms with E-state index in [-0.39, 0.29) is 6.42 Å². The summed E-state index contributed by atoms with van der Waals surface area (Å²) in [5.74, 6) is 2.41. The van der Waals surface area contributed by atoms with Crippen molar-refractivity contribution in [3.63, 3.8) is 0 Å². The molecule has 0 spiro atoms. The van der Waals surface area contributed by atoms with Crippen LogP contribution in [-0.2, 0) is 6.42 Å². The lowest BCUT2D eigenvalue weighted by Crippen LogP contribution is -1.96. The van der Waals surface area contributed by atoms with Gasteiger partial charge in [0.25, 0.3) is 0 Å². The second kappa shape index (κ2) is 8.17. The highest BCUT2D eigenvalue weighted by atomic mass is 16.5. The molecule has 1 aromatic heterocycles. The second-order valence-electron chi connectivity index (χ2n) is 7.13. The summed E-state index contributed by atoms with van der Waals surface area (Å²) in [5.41, 5.74) is 0.593. The Morgan fingerprint density at radius 1 is 0.677 bits per heavy atom. The number of hydrogen-bond acceptors (Lipinski definition) is 4. The average Bonchev–Trinajstić information content (AvgIpc) is 2.80. The van der Waals surface area contributed by atoms with Crippen LogP contribution in [0.25, 0.3) is 21.5 Å². The maximum absolute atomic E-state index is 9.19. The summed E-state index contributed by atoms with van der Waals surface area (Å²) < 4.78 is 12.4. The van der Waals surface area contributed by atoms with Crippen LogP contribution in [0.2, 0.25) is 0 Å². The van der Waals surface area contributed by atoms with Gasteiger partial charge in [-0.1, -0.05) is 72.8 Å². The third-order valence-corrected chi connectivity index (χ3v) is 5.03. The van der Waals surface area contributed by atoms with Crippen molar-refractivity contribution in [2.45, 2.75) is 6.42 Å². The predicted molar refractivity (Wildman–Crippen MR) is 122 cm³/mol. The number of pyridine rings is 1. The molecule has 0 N–H and O–H groups in total. The van der Waals surface area contributed by atoms with E-state index in [9.17, 15) is 5.26 Å². The minimum atomic E-state index is 0.165. The van der Waals surface area contributed by atoms with Crippen LogP contribution in [0, 0.1) is 11.3 Å². The van der Waals surface area contributed by atoms with Crippen molar-refractivity contribution in [1.29, 1.82) is 5.26 Å². The molecular formula is C27H18N2O2. The largest absolute Gasteiger partial charge is 0.456 e. The zero-order valence-corrected chi connectivity index (χ0v) is 16.7. The Morgan fingerprint density at radius 2 is 1.26 bits per heavy atom. The molecule has 4 aromatic carbocycles. The van der Waals surface area contributed by atoms with E-state index >= 15 is 0 Å². The lowest BCUT2D eigenvalue weighted by molar-refractivity contribution is 0.449. The van der Waals surface area contributed by atoms with Crippen LogP contribution in [0.15, 0.2) is 97.1 Å². The van der Waals surface area contributed by atoms with Gasteiger partial charge in [-0.25, -0.2) is 4.98 Å². The SMILES string of the molecule is N#CCc1cc(Oc2cccc3ccccc23)cc(Oc2cccc3ccccc23)n1. The van der Waals surface area contributed by atoms with Crippen LogP contribution < -0.4 is 9.47 Å². The number of aromatic nitrogens is 1. The first-order valence-corrected chi connectivity index (χ1v) is 9.99. The van der Waals surface area contributed by atoms with Gasteiger partial charge in [-0.15, -0.1) is 0 Å². The van der Waals surface area contributed by atoms with Crippen LogP contribution >= 0.6 is 0 Å². The molecule has 148 valence electrons. The first kappa shape index (κ1) is 18.7. The van der Waals surface area contributed by atoms with Crippen LogP contribution in [-0.4, -0.2) is 4.98 Å². The molecule has 0 bridgehead atoms. The number of ether oxygens (including phenoxy) is 2. The Kier molecular flexibility index (Phi) is 4.92. The van der Waals surface area contributed by atoms with Crippen molar-refractivity contribution < 1.29 is 9.47 Å². The van der Waals surface area contributed by atoms with Gasteiger partial charge >= 0.3 is 0 Å². The van der Waals surface area contributed by atoms with E-state index < -0.39 is 0 Å². The van der Waals surface area contributed by atoms with Crippen molar-refractivity contribution in [3.05, 3.63) is 103 Å². The Bertz CT molecular complexity index is 1330. The van der Waals surface area contributed by atoms with Gasteiger partial charge in [0.05, 0.1) is 18.2 Å². The van der Waals surface area contributed by atoms with E-state index in [1.807, 2.05) is 84.9 Å². The van der Waals surface area contributed by atoms with E-state index in [0.717, 1.165) is 27.3 Å². The van der Waals surface area contributed by atoms with Gasteiger partial charge < -0.3 is 9.47 Å². The number of fused-ring (bicyclic) bond motifs is 2. The van der Waals surface area contributed by atoms with Gasteiger partial charge in [-0.3, -0.25) is 0 Å². The monoisotopic (exact) mass is 402 g/mol. The minimum Gasteiger partial charge on any atom is -0.456 e. The van der Waals surface area contributed by atoms with Gasteiger partial charge in [0.15, 0.2) is 0 Å². The summed E-state index contributed by atoms with van der Waals surface area (Å²) in [6.45, 7) is 0. The number of hydrogen-bond donors (Lipinski definition) is 0. The van der Waals surface area contributed by atoms with Crippen LogP contribution in [0.1, 0.15) is 5.69 Å². The molecule has 4 heteroatoms. The van der Waals surface area contributed by atoms with Crippen LogP contribution in [0.3, 0.4) is 0 Å². The zero-order chi connectivity index (χ0) is 21.0. The quantitative estimate of drug-likeness (QED) is 0.316. The predicted octanol–water partition coefficient (Wildman–Crippen LogP) is 7.04. The molecule has 0 fully saturated rings. The number of nitriles is 1. The summed E-state index contributed by atoms with van der Waals surface area (Å²) >= 11 is 0. The third kappa shape index (κ3) is 3.90. The molecule has 5 aromatic rings. The first-order valence-electron chi connectivity index (χ1n) is 9.99. The number of nitrogens with zero attached hydrogens (tertiary/aromatic N) is 2. The Hall–Kier alpha value is -4.36. The molecule has 0 unspecified atom stereocenters. The minimum absolute atomic E-state index is 0.165. The Labute approximate surface area is 179 Å². The van der Waals surface area contributed by atoms with Crippen molar-refractivity contribution >= 4 is 21.5 Å². The van der Waals surface area contributed by atoms with Gasteiger partial charge in [0, 0.05) is 22.9 Å². The molecule has 0 amide bonds. The van der Waals surface area contributed by atoms with Crippen molar-refractivity contribution in [2.24, 2.45) is 0 Å². The summed E-state index contributed by atoms with van der Waals surface area (Å²) in [5, 5.41) is 13.4. The van der Waals surface area contributed by atoms with Gasteiger partial charge in [-0.2, -0.15) is 5.26 Å². The van der Waals surface area contributed by atoms with Crippen LogP contribution in [0.5, 0.6) is 23.1 Å². The van der Waals surface area contributed by atoms with E-state index in [2.05, 4.69) is 11.1 Å². The highest BCUT2D eigenvalue weighted by molar-refractivity contribution is 5.89. The molecule has 0 aliphatic heterocycles. The van der Waals surface area contributed by atoms with Gasteiger partial charge in [0.1, 0.15) is 17.2 Å². The molecule has 1 heterocycles. The van der Waals surface area contributed by atoms with Crippen molar-refractivity contribution in [2.75, 3.05) is 0 Å². The molecule has 0 radical (unpaired) electrons. The maximum Gasteiger partial charge on any atom is 0.223 e. The zero-order valence-electron chi connectivity index (χ0n) is 16.7. The molecule has 0 atom stereocenters. The normalized spacial score (nSPS) is 10.7. The van der Waals surface area contributed by atoms with Crippen molar-refractivity contribution in [1.82, 2.24) is 4.98 Å². The molecule has 5 rings (SSSR count). The fourth-order valence-electron chi connectivity index (χ4n) is 3.63. The van der Waals surface area contributed by atoms with Gasteiger partial charge in [-0.05, 0) is 22.9 Å². The summed E-state index contributed by atoms with van der Waals surface area (Å²) in [4.78, 5) is 4.50. The molecule has 0 saturated carbocycles. The smallest absolute Gasteiger partial charge is 0.223 e. The fraction of sp³-hybridized carbons (Fsp3) is 0.0370. The Morgan fingerprint density at radius 3 is 1.90 bits per heavy atom. The molecule has 4 nitrogen and oxygen atoms in total. The van der Waals surface area contributed by atoms with E-state index in [0.29, 0.717) is 23.1 Å².